The van der Waals surface area contributed by atoms with Crippen LogP contribution in [0.25, 0.3) is 0 Å². The molecule has 0 radical (unpaired) electrons. The predicted octanol–water partition coefficient (Wildman–Crippen LogP) is 6.25. The lowest BCUT2D eigenvalue weighted by atomic mass is 10.1. The van der Waals surface area contributed by atoms with Gasteiger partial charge in [-0.3, -0.25) is 9.59 Å². The molecule has 4 nitrogen and oxygen atoms in total. The van der Waals surface area contributed by atoms with Crippen LogP contribution in [0.5, 0.6) is 0 Å². The highest BCUT2D eigenvalue weighted by Gasteiger charge is 2.17. The molecule has 0 N–H and O–H groups in total. The molecule has 0 spiro atoms. The van der Waals surface area contributed by atoms with Crippen LogP contribution in [-0.4, -0.2) is 24.1 Å². The van der Waals surface area contributed by atoms with Crippen LogP contribution in [0, 0.1) is 0 Å². The SMILES string of the molecule is O=C(CCCCCCCC(=O)OC1CCCCCC1)OC1CCCCCC1. The summed E-state index contributed by atoms with van der Waals surface area (Å²) in [5, 5.41) is 0. The molecule has 0 aromatic rings. The monoisotopic (exact) mass is 380 g/mol. The Hall–Kier alpha value is -1.06. The highest BCUT2D eigenvalue weighted by atomic mass is 16.5. The van der Waals surface area contributed by atoms with E-state index in [2.05, 4.69) is 0 Å². The average molecular weight is 381 g/mol. The molecule has 0 saturated heterocycles. The number of hydrogen-bond acceptors (Lipinski definition) is 4. The molecular weight excluding hydrogens is 340 g/mol. The molecule has 0 aromatic heterocycles. The molecule has 2 aliphatic carbocycles. The van der Waals surface area contributed by atoms with Crippen molar-refractivity contribution < 1.29 is 19.1 Å². The van der Waals surface area contributed by atoms with Gasteiger partial charge in [0.15, 0.2) is 0 Å². The van der Waals surface area contributed by atoms with E-state index in [9.17, 15) is 9.59 Å². The Morgan fingerprint density at radius 1 is 0.519 bits per heavy atom. The lowest BCUT2D eigenvalue weighted by Crippen LogP contribution is -2.17. The molecule has 0 atom stereocenters. The zero-order chi connectivity index (χ0) is 19.2. The normalized spacial score (nSPS) is 19.9. The second-order valence-corrected chi connectivity index (χ2v) is 8.47. The van der Waals surface area contributed by atoms with Crippen LogP contribution in [0.3, 0.4) is 0 Å². The first-order valence-corrected chi connectivity index (χ1v) is 11.6. The second kappa shape index (κ2) is 14.0. The van der Waals surface area contributed by atoms with E-state index in [0.29, 0.717) is 12.8 Å². The smallest absolute Gasteiger partial charge is 0.306 e. The van der Waals surface area contributed by atoms with Crippen molar-refractivity contribution in [1.82, 2.24) is 0 Å². The lowest BCUT2D eigenvalue weighted by Gasteiger charge is -2.15. The maximum absolute atomic E-state index is 11.9. The van der Waals surface area contributed by atoms with E-state index in [1.54, 1.807) is 0 Å². The first-order chi connectivity index (χ1) is 13.2. The van der Waals surface area contributed by atoms with Gasteiger partial charge in [0.05, 0.1) is 0 Å². The summed E-state index contributed by atoms with van der Waals surface area (Å²) in [5.41, 5.74) is 0. The van der Waals surface area contributed by atoms with Gasteiger partial charge in [0.1, 0.15) is 12.2 Å². The zero-order valence-electron chi connectivity index (χ0n) is 17.2. The topological polar surface area (TPSA) is 52.6 Å². The van der Waals surface area contributed by atoms with Crippen LogP contribution < -0.4 is 0 Å². The third-order valence-corrected chi connectivity index (χ3v) is 5.96. The van der Waals surface area contributed by atoms with Gasteiger partial charge in [-0.1, -0.05) is 44.9 Å². The number of carbonyl (C=O) groups excluding carboxylic acids is 2. The highest BCUT2D eigenvalue weighted by Crippen LogP contribution is 2.22. The van der Waals surface area contributed by atoms with Gasteiger partial charge in [-0.15, -0.1) is 0 Å². The van der Waals surface area contributed by atoms with E-state index in [0.717, 1.165) is 57.8 Å². The van der Waals surface area contributed by atoms with Crippen molar-refractivity contribution in [1.29, 1.82) is 0 Å². The Morgan fingerprint density at radius 2 is 0.852 bits per heavy atom. The second-order valence-electron chi connectivity index (χ2n) is 8.47. The van der Waals surface area contributed by atoms with Crippen LogP contribution in [0.2, 0.25) is 0 Å². The van der Waals surface area contributed by atoms with E-state index in [-0.39, 0.29) is 24.1 Å². The number of esters is 2. The molecule has 156 valence electrons. The molecule has 4 heteroatoms. The fraction of sp³-hybridized carbons (Fsp3) is 0.913. The van der Waals surface area contributed by atoms with Gasteiger partial charge < -0.3 is 9.47 Å². The molecule has 2 fully saturated rings. The van der Waals surface area contributed by atoms with E-state index in [4.69, 9.17) is 9.47 Å². The largest absolute Gasteiger partial charge is 0.462 e. The van der Waals surface area contributed by atoms with Crippen LogP contribution >= 0.6 is 0 Å². The van der Waals surface area contributed by atoms with Crippen molar-refractivity contribution in [3.63, 3.8) is 0 Å². The Kier molecular flexibility index (Phi) is 11.5. The predicted molar refractivity (Wildman–Crippen MR) is 107 cm³/mol. The lowest BCUT2D eigenvalue weighted by molar-refractivity contribution is -0.150. The molecule has 27 heavy (non-hydrogen) atoms. The Balaban J connectivity index is 1.41. The van der Waals surface area contributed by atoms with E-state index in [1.807, 2.05) is 0 Å². The summed E-state index contributed by atoms with van der Waals surface area (Å²) in [7, 11) is 0. The molecule has 0 aromatic carbocycles. The van der Waals surface area contributed by atoms with E-state index < -0.39 is 0 Å². The fourth-order valence-corrected chi connectivity index (χ4v) is 4.28. The number of rotatable bonds is 10. The summed E-state index contributed by atoms with van der Waals surface area (Å²) in [5.74, 6) is -0.0391. The molecule has 0 aliphatic heterocycles. The minimum atomic E-state index is -0.0196. The Bertz CT molecular complexity index is 367. The van der Waals surface area contributed by atoms with Gasteiger partial charge >= 0.3 is 11.9 Å². The quantitative estimate of drug-likeness (QED) is 0.255. The van der Waals surface area contributed by atoms with Gasteiger partial charge in [-0.05, 0) is 64.2 Å². The van der Waals surface area contributed by atoms with Gasteiger partial charge in [-0.2, -0.15) is 0 Å². The minimum Gasteiger partial charge on any atom is -0.462 e. The average Bonchev–Trinajstić information content (AvgIpc) is 3.06. The van der Waals surface area contributed by atoms with Crippen molar-refractivity contribution in [3.8, 4) is 0 Å². The van der Waals surface area contributed by atoms with Crippen LogP contribution in [0.4, 0.5) is 0 Å². The van der Waals surface area contributed by atoms with Crippen molar-refractivity contribution in [2.24, 2.45) is 0 Å². The fourth-order valence-electron chi connectivity index (χ4n) is 4.28. The first-order valence-electron chi connectivity index (χ1n) is 11.6. The third-order valence-electron chi connectivity index (χ3n) is 5.96. The summed E-state index contributed by atoms with van der Waals surface area (Å²) in [4.78, 5) is 23.9. The van der Waals surface area contributed by atoms with Gasteiger partial charge in [0, 0.05) is 12.8 Å². The molecule has 2 aliphatic rings. The summed E-state index contributed by atoms with van der Waals surface area (Å²) >= 11 is 0. The number of hydrogen-bond donors (Lipinski definition) is 0. The van der Waals surface area contributed by atoms with E-state index >= 15 is 0 Å². The van der Waals surface area contributed by atoms with Crippen LogP contribution in [0.1, 0.15) is 122 Å². The molecule has 0 unspecified atom stereocenters. The Morgan fingerprint density at radius 3 is 1.22 bits per heavy atom. The molecule has 0 bridgehead atoms. The van der Waals surface area contributed by atoms with Crippen LogP contribution in [0.15, 0.2) is 0 Å². The van der Waals surface area contributed by atoms with Crippen molar-refractivity contribution in [2.75, 3.05) is 0 Å². The third kappa shape index (κ3) is 10.8. The van der Waals surface area contributed by atoms with Crippen LogP contribution in [-0.2, 0) is 19.1 Å². The van der Waals surface area contributed by atoms with E-state index in [1.165, 1.54) is 51.4 Å². The maximum Gasteiger partial charge on any atom is 0.306 e. The van der Waals surface area contributed by atoms with Gasteiger partial charge in [0.2, 0.25) is 0 Å². The van der Waals surface area contributed by atoms with Crippen molar-refractivity contribution in [2.45, 2.75) is 134 Å². The molecular formula is C23H40O4. The summed E-state index contributed by atoms with van der Waals surface area (Å²) in [6.07, 6.45) is 20.5. The number of carbonyl (C=O) groups is 2. The first kappa shape index (κ1) is 22.2. The van der Waals surface area contributed by atoms with Gasteiger partial charge in [-0.25, -0.2) is 0 Å². The number of ether oxygens (including phenoxy) is 2. The standard InChI is InChI=1S/C23H40O4/c24-22(26-20-14-8-4-5-9-15-20)18-12-2-1-3-13-19-23(25)27-21-16-10-6-7-11-17-21/h20-21H,1-19H2. The zero-order valence-corrected chi connectivity index (χ0v) is 17.2. The molecule has 0 heterocycles. The molecule has 0 amide bonds. The summed E-state index contributed by atoms with van der Waals surface area (Å²) < 4.78 is 11.2. The van der Waals surface area contributed by atoms with Crippen molar-refractivity contribution in [3.05, 3.63) is 0 Å². The minimum absolute atomic E-state index is 0.0196. The van der Waals surface area contributed by atoms with Gasteiger partial charge in [0.25, 0.3) is 0 Å². The highest BCUT2D eigenvalue weighted by molar-refractivity contribution is 5.69. The number of unbranched alkanes of at least 4 members (excludes halogenated alkanes) is 4. The maximum atomic E-state index is 11.9. The molecule has 2 saturated carbocycles. The Labute approximate surface area is 165 Å². The summed E-state index contributed by atoms with van der Waals surface area (Å²) in [6.45, 7) is 0. The molecule has 2 rings (SSSR count). The van der Waals surface area contributed by atoms with Crippen molar-refractivity contribution >= 4 is 11.9 Å². The summed E-state index contributed by atoms with van der Waals surface area (Å²) in [6, 6.07) is 0.